The van der Waals surface area contributed by atoms with Gasteiger partial charge in [0.1, 0.15) is 18.1 Å². The maximum Gasteiger partial charge on any atom is 0.121 e. The predicted molar refractivity (Wildman–Crippen MR) is 82.8 cm³/mol. The minimum absolute atomic E-state index is 0.627. The summed E-state index contributed by atoms with van der Waals surface area (Å²) in [5.41, 5.74) is 2.25. The van der Waals surface area contributed by atoms with Crippen molar-refractivity contribution in [3.8, 4) is 11.5 Å². The van der Waals surface area contributed by atoms with E-state index in [2.05, 4.69) is 18.3 Å². The van der Waals surface area contributed by atoms with Crippen molar-refractivity contribution in [3.05, 3.63) is 54.1 Å². The van der Waals surface area contributed by atoms with Gasteiger partial charge in [-0.1, -0.05) is 18.2 Å². The van der Waals surface area contributed by atoms with E-state index in [0.717, 1.165) is 23.7 Å². The van der Waals surface area contributed by atoms with E-state index < -0.39 is 0 Å². The highest BCUT2D eigenvalue weighted by atomic mass is 16.5. The Bertz CT molecular complexity index is 540. The predicted octanol–water partition coefficient (Wildman–Crippen LogP) is 3.88. The number of anilines is 1. The van der Waals surface area contributed by atoms with Crippen LogP contribution in [0.3, 0.4) is 0 Å². The number of hydrogen-bond donors (Lipinski definition) is 1. The number of nitrogens with one attached hydrogen (secondary N) is 1. The van der Waals surface area contributed by atoms with Crippen molar-refractivity contribution >= 4 is 5.69 Å². The lowest BCUT2D eigenvalue weighted by molar-refractivity contribution is 0.332. The molecule has 1 N–H and O–H groups in total. The summed E-state index contributed by atoms with van der Waals surface area (Å²) in [7, 11) is 0. The van der Waals surface area contributed by atoms with Gasteiger partial charge in [-0.15, -0.1) is 0 Å². The highest BCUT2D eigenvalue weighted by Gasteiger charge is 1.97. The fraction of sp³-hybridized carbons (Fsp3) is 0.294. The molecule has 0 aliphatic rings. The Balaban J connectivity index is 1.77. The molecule has 20 heavy (non-hydrogen) atoms. The van der Waals surface area contributed by atoms with Crippen LogP contribution in [0.25, 0.3) is 0 Å². The summed E-state index contributed by atoms with van der Waals surface area (Å²) in [5.74, 6) is 1.80. The smallest absolute Gasteiger partial charge is 0.121 e. The van der Waals surface area contributed by atoms with Crippen molar-refractivity contribution < 1.29 is 9.47 Å². The molecule has 0 saturated heterocycles. The summed E-state index contributed by atoms with van der Waals surface area (Å²) >= 11 is 0. The van der Waals surface area contributed by atoms with Crippen molar-refractivity contribution in [2.75, 3.05) is 25.1 Å². The van der Waals surface area contributed by atoms with Gasteiger partial charge in [-0.05, 0) is 43.7 Å². The standard InChI is InChI=1S/C17H21NO2/c1-3-19-17-9-5-7-15(13-17)18-10-11-20-16-8-4-6-14(2)12-16/h4-9,12-13,18H,3,10-11H2,1-2H3. The Morgan fingerprint density at radius 1 is 0.950 bits per heavy atom. The van der Waals surface area contributed by atoms with Crippen LogP contribution in [0.2, 0.25) is 0 Å². The van der Waals surface area contributed by atoms with E-state index >= 15 is 0 Å². The second kappa shape index (κ2) is 7.43. The highest BCUT2D eigenvalue weighted by Crippen LogP contribution is 2.17. The number of benzene rings is 2. The maximum atomic E-state index is 5.69. The summed E-state index contributed by atoms with van der Waals surface area (Å²) < 4.78 is 11.2. The molecule has 0 radical (unpaired) electrons. The van der Waals surface area contributed by atoms with Gasteiger partial charge >= 0.3 is 0 Å². The summed E-state index contributed by atoms with van der Waals surface area (Å²) in [6, 6.07) is 16.0. The van der Waals surface area contributed by atoms with Crippen LogP contribution in [-0.4, -0.2) is 19.8 Å². The molecule has 2 rings (SSSR count). The molecule has 0 spiro atoms. The van der Waals surface area contributed by atoms with Crippen molar-refractivity contribution in [3.63, 3.8) is 0 Å². The molecule has 0 saturated carbocycles. The van der Waals surface area contributed by atoms with Crippen LogP contribution < -0.4 is 14.8 Å². The van der Waals surface area contributed by atoms with Gasteiger partial charge < -0.3 is 14.8 Å². The molecule has 3 nitrogen and oxygen atoms in total. The molecular formula is C17H21NO2. The third-order valence-corrected chi connectivity index (χ3v) is 2.83. The number of ether oxygens (including phenoxy) is 2. The van der Waals surface area contributed by atoms with Crippen LogP contribution in [0.15, 0.2) is 48.5 Å². The van der Waals surface area contributed by atoms with Gasteiger partial charge in [0.25, 0.3) is 0 Å². The molecule has 0 atom stereocenters. The molecule has 0 aliphatic heterocycles. The van der Waals surface area contributed by atoms with E-state index in [1.807, 2.05) is 49.4 Å². The second-order valence-corrected chi connectivity index (χ2v) is 4.55. The zero-order valence-electron chi connectivity index (χ0n) is 12.1. The van der Waals surface area contributed by atoms with Gasteiger partial charge in [0.15, 0.2) is 0 Å². The van der Waals surface area contributed by atoms with Gasteiger partial charge in [0, 0.05) is 18.3 Å². The fourth-order valence-corrected chi connectivity index (χ4v) is 1.93. The van der Waals surface area contributed by atoms with E-state index in [1.54, 1.807) is 0 Å². The minimum Gasteiger partial charge on any atom is -0.494 e. The van der Waals surface area contributed by atoms with Gasteiger partial charge in [-0.3, -0.25) is 0 Å². The zero-order chi connectivity index (χ0) is 14.2. The van der Waals surface area contributed by atoms with Gasteiger partial charge in [0.05, 0.1) is 6.61 Å². The maximum absolute atomic E-state index is 5.69. The highest BCUT2D eigenvalue weighted by molar-refractivity contribution is 5.48. The molecule has 0 bridgehead atoms. The lowest BCUT2D eigenvalue weighted by atomic mass is 10.2. The molecule has 0 unspecified atom stereocenters. The van der Waals surface area contributed by atoms with Crippen LogP contribution in [-0.2, 0) is 0 Å². The SMILES string of the molecule is CCOc1cccc(NCCOc2cccc(C)c2)c1. The normalized spacial score (nSPS) is 10.1. The second-order valence-electron chi connectivity index (χ2n) is 4.55. The largest absolute Gasteiger partial charge is 0.494 e. The van der Waals surface area contributed by atoms with Crippen molar-refractivity contribution in [1.82, 2.24) is 0 Å². The Morgan fingerprint density at radius 3 is 2.45 bits per heavy atom. The van der Waals surface area contributed by atoms with Gasteiger partial charge in [-0.25, -0.2) is 0 Å². The Labute approximate surface area is 120 Å². The summed E-state index contributed by atoms with van der Waals surface area (Å²) in [6.07, 6.45) is 0. The van der Waals surface area contributed by atoms with E-state index in [1.165, 1.54) is 5.56 Å². The number of rotatable bonds is 7. The monoisotopic (exact) mass is 271 g/mol. The molecule has 106 valence electrons. The van der Waals surface area contributed by atoms with Gasteiger partial charge in [0.2, 0.25) is 0 Å². The van der Waals surface area contributed by atoms with Crippen LogP contribution in [0.5, 0.6) is 11.5 Å². The van der Waals surface area contributed by atoms with Crippen molar-refractivity contribution in [1.29, 1.82) is 0 Å². The summed E-state index contributed by atoms with van der Waals surface area (Å²) in [4.78, 5) is 0. The van der Waals surface area contributed by atoms with E-state index in [4.69, 9.17) is 9.47 Å². The Kier molecular flexibility index (Phi) is 5.30. The molecule has 0 aromatic heterocycles. The third kappa shape index (κ3) is 4.50. The lowest BCUT2D eigenvalue weighted by Crippen LogP contribution is -2.11. The van der Waals surface area contributed by atoms with Crippen molar-refractivity contribution in [2.45, 2.75) is 13.8 Å². The first-order valence-electron chi connectivity index (χ1n) is 6.94. The average Bonchev–Trinajstić information content (AvgIpc) is 2.45. The molecule has 0 heterocycles. The van der Waals surface area contributed by atoms with Crippen LogP contribution in [0.4, 0.5) is 5.69 Å². The Hall–Kier alpha value is -2.16. The van der Waals surface area contributed by atoms with Crippen molar-refractivity contribution in [2.24, 2.45) is 0 Å². The zero-order valence-corrected chi connectivity index (χ0v) is 12.1. The first-order valence-corrected chi connectivity index (χ1v) is 6.94. The molecule has 2 aromatic rings. The minimum atomic E-state index is 0.627. The summed E-state index contributed by atoms with van der Waals surface area (Å²) in [6.45, 7) is 6.10. The van der Waals surface area contributed by atoms with E-state index in [-0.39, 0.29) is 0 Å². The Morgan fingerprint density at radius 2 is 1.70 bits per heavy atom. The first kappa shape index (κ1) is 14.3. The average molecular weight is 271 g/mol. The third-order valence-electron chi connectivity index (χ3n) is 2.83. The number of hydrogen-bond acceptors (Lipinski definition) is 3. The van der Waals surface area contributed by atoms with Crippen LogP contribution >= 0.6 is 0 Å². The fourth-order valence-electron chi connectivity index (χ4n) is 1.93. The molecular weight excluding hydrogens is 250 g/mol. The van der Waals surface area contributed by atoms with E-state index in [0.29, 0.717) is 13.2 Å². The van der Waals surface area contributed by atoms with Gasteiger partial charge in [-0.2, -0.15) is 0 Å². The lowest BCUT2D eigenvalue weighted by Gasteiger charge is -2.10. The topological polar surface area (TPSA) is 30.5 Å². The molecule has 0 aliphatic carbocycles. The molecule has 3 heteroatoms. The molecule has 0 amide bonds. The number of aryl methyl sites for hydroxylation is 1. The first-order chi connectivity index (χ1) is 9.78. The molecule has 0 fully saturated rings. The summed E-state index contributed by atoms with van der Waals surface area (Å²) in [5, 5.41) is 3.32. The van der Waals surface area contributed by atoms with Crippen LogP contribution in [0, 0.1) is 6.92 Å². The molecule has 2 aromatic carbocycles. The quantitative estimate of drug-likeness (QED) is 0.775. The van der Waals surface area contributed by atoms with E-state index in [9.17, 15) is 0 Å². The van der Waals surface area contributed by atoms with Crippen LogP contribution in [0.1, 0.15) is 12.5 Å².